The number of amides is 1. The number of nitrogens with zero attached hydrogens (tertiary/aromatic N) is 1. The van der Waals surface area contributed by atoms with Crippen molar-refractivity contribution >= 4 is 17.2 Å². The van der Waals surface area contributed by atoms with Crippen molar-refractivity contribution in [3.8, 4) is 11.5 Å². The molecule has 0 bridgehead atoms. The molecule has 0 spiro atoms. The fourth-order valence-electron chi connectivity index (χ4n) is 2.14. The van der Waals surface area contributed by atoms with Crippen LogP contribution in [0.15, 0.2) is 41.1 Å². The molecule has 1 aromatic carbocycles. The number of carbonyl (C=O) groups is 1. The van der Waals surface area contributed by atoms with E-state index in [1.165, 1.54) is 5.56 Å². The standard InChI is InChI=1S/C17H22N2O3S/c1-19(11-14-7-10-23-13-14)12-17(20)18-8-9-22-16-6-4-3-5-15(16)21-2/h3-7,10,13H,8-9,11-12H2,1-2H3,(H,18,20). The number of ether oxygens (including phenoxy) is 2. The molecular weight excluding hydrogens is 312 g/mol. The Morgan fingerprint density at radius 3 is 2.74 bits per heavy atom. The lowest BCUT2D eigenvalue weighted by Gasteiger charge is -2.16. The average Bonchev–Trinajstić information content (AvgIpc) is 3.04. The Hall–Kier alpha value is -2.05. The van der Waals surface area contributed by atoms with Gasteiger partial charge in [0.1, 0.15) is 6.61 Å². The molecule has 0 fully saturated rings. The highest BCUT2D eigenvalue weighted by Crippen LogP contribution is 2.25. The van der Waals surface area contributed by atoms with Gasteiger partial charge >= 0.3 is 0 Å². The Kier molecular flexibility index (Phi) is 6.90. The Morgan fingerprint density at radius 2 is 2.04 bits per heavy atom. The zero-order valence-electron chi connectivity index (χ0n) is 13.5. The minimum absolute atomic E-state index is 0.00800. The minimum Gasteiger partial charge on any atom is -0.493 e. The summed E-state index contributed by atoms with van der Waals surface area (Å²) in [7, 11) is 3.54. The van der Waals surface area contributed by atoms with E-state index in [1.807, 2.05) is 41.6 Å². The minimum atomic E-state index is -0.00800. The van der Waals surface area contributed by atoms with Crippen molar-refractivity contribution in [3.05, 3.63) is 46.7 Å². The number of nitrogens with one attached hydrogen (secondary N) is 1. The van der Waals surface area contributed by atoms with E-state index in [1.54, 1.807) is 18.4 Å². The molecule has 5 nitrogen and oxygen atoms in total. The number of methoxy groups -OCH3 is 1. The van der Waals surface area contributed by atoms with Gasteiger partial charge in [-0.25, -0.2) is 0 Å². The van der Waals surface area contributed by atoms with Crippen molar-refractivity contribution < 1.29 is 14.3 Å². The maximum Gasteiger partial charge on any atom is 0.234 e. The molecule has 6 heteroatoms. The molecule has 1 heterocycles. The van der Waals surface area contributed by atoms with Crippen LogP contribution in [0.4, 0.5) is 0 Å². The monoisotopic (exact) mass is 334 g/mol. The van der Waals surface area contributed by atoms with Crippen molar-refractivity contribution in [2.45, 2.75) is 6.54 Å². The highest BCUT2D eigenvalue weighted by molar-refractivity contribution is 7.07. The molecule has 0 saturated carbocycles. The molecular formula is C17H22N2O3S. The Bertz CT molecular complexity index is 602. The third-order valence-electron chi connectivity index (χ3n) is 3.20. The van der Waals surface area contributed by atoms with Gasteiger partial charge in [0, 0.05) is 6.54 Å². The maximum absolute atomic E-state index is 11.9. The fourth-order valence-corrected chi connectivity index (χ4v) is 2.80. The smallest absolute Gasteiger partial charge is 0.234 e. The molecule has 0 aliphatic heterocycles. The second-order valence-corrected chi connectivity index (χ2v) is 5.93. The van der Waals surface area contributed by atoms with Gasteiger partial charge in [0.2, 0.25) is 5.91 Å². The van der Waals surface area contributed by atoms with Crippen molar-refractivity contribution in [2.75, 3.05) is 33.9 Å². The van der Waals surface area contributed by atoms with Crippen LogP contribution in [0.1, 0.15) is 5.56 Å². The molecule has 0 aliphatic carbocycles. The van der Waals surface area contributed by atoms with Crippen LogP contribution < -0.4 is 14.8 Å². The van der Waals surface area contributed by atoms with Gasteiger partial charge in [0.15, 0.2) is 11.5 Å². The molecule has 2 aromatic rings. The zero-order valence-corrected chi connectivity index (χ0v) is 14.3. The van der Waals surface area contributed by atoms with Crippen LogP contribution in [0, 0.1) is 0 Å². The quantitative estimate of drug-likeness (QED) is 0.716. The molecule has 0 aliphatic rings. The summed E-state index contributed by atoms with van der Waals surface area (Å²) in [6.07, 6.45) is 0. The molecule has 0 atom stereocenters. The van der Waals surface area contributed by atoms with Crippen LogP contribution in [0.2, 0.25) is 0 Å². The first-order chi connectivity index (χ1) is 11.2. The van der Waals surface area contributed by atoms with E-state index in [9.17, 15) is 4.79 Å². The molecule has 1 amide bonds. The molecule has 1 N–H and O–H groups in total. The third kappa shape index (κ3) is 5.92. The number of rotatable bonds is 9. The summed E-state index contributed by atoms with van der Waals surface area (Å²) in [4.78, 5) is 13.9. The van der Waals surface area contributed by atoms with E-state index >= 15 is 0 Å². The van der Waals surface area contributed by atoms with Gasteiger partial charge in [-0.2, -0.15) is 11.3 Å². The first kappa shape index (κ1) is 17.3. The average molecular weight is 334 g/mol. The zero-order chi connectivity index (χ0) is 16.5. The van der Waals surface area contributed by atoms with E-state index in [-0.39, 0.29) is 5.91 Å². The Labute approximate surface area is 140 Å². The summed E-state index contributed by atoms with van der Waals surface area (Å²) in [6.45, 7) is 2.00. The molecule has 124 valence electrons. The molecule has 0 saturated heterocycles. The first-order valence-electron chi connectivity index (χ1n) is 7.41. The predicted molar refractivity (Wildman–Crippen MR) is 92.2 cm³/mol. The van der Waals surface area contributed by atoms with Crippen molar-refractivity contribution in [3.63, 3.8) is 0 Å². The molecule has 0 radical (unpaired) electrons. The first-order valence-corrected chi connectivity index (χ1v) is 8.35. The molecule has 1 aromatic heterocycles. The number of carbonyl (C=O) groups excluding carboxylic acids is 1. The van der Waals surface area contributed by atoms with Crippen LogP contribution in [-0.4, -0.2) is 44.7 Å². The molecule has 23 heavy (non-hydrogen) atoms. The lowest BCUT2D eigenvalue weighted by atomic mass is 10.3. The van der Waals surface area contributed by atoms with Gasteiger partial charge in [-0.3, -0.25) is 9.69 Å². The normalized spacial score (nSPS) is 10.6. The van der Waals surface area contributed by atoms with Gasteiger partial charge < -0.3 is 14.8 Å². The number of thiophene rings is 1. The summed E-state index contributed by atoms with van der Waals surface area (Å²) < 4.78 is 10.8. The summed E-state index contributed by atoms with van der Waals surface area (Å²) in [5.74, 6) is 1.36. The summed E-state index contributed by atoms with van der Waals surface area (Å²) in [6, 6.07) is 9.52. The highest BCUT2D eigenvalue weighted by atomic mass is 32.1. The van der Waals surface area contributed by atoms with Crippen LogP contribution in [0.3, 0.4) is 0 Å². The fraction of sp³-hybridized carbons (Fsp3) is 0.353. The topological polar surface area (TPSA) is 50.8 Å². The second-order valence-electron chi connectivity index (χ2n) is 5.15. The second kappa shape index (κ2) is 9.17. The van der Waals surface area contributed by atoms with E-state index < -0.39 is 0 Å². The number of para-hydroxylation sites is 2. The number of benzene rings is 1. The van der Waals surface area contributed by atoms with Crippen LogP contribution in [0.5, 0.6) is 11.5 Å². The van der Waals surface area contributed by atoms with Crippen LogP contribution >= 0.6 is 11.3 Å². The third-order valence-corrected chi connectivity index (χ3v) is 3.93. The van der Waals surface area contributed by atoms with Gasteiger partial charge in [-0.15, -0.1) is 0 Å². The van der Waals surface area contributed by atoms with E-state index in [2.05, 4.69) is 16.8 Å². The predicted octanol–water partition coefficient (Wildman–Crippen LogP) is 2.38. The maximum atomic E-state index is 11.9. The van der Waals surface area contributed by atoms with Gasteiger partial charge in [-0.05, 0) is 41.6 Å². The number of hydrogen-bond donors (Lipinski definition) is 1. The van der Waals surface area contributed by atoms with Crippen molar-refractivity contribution in [2.24, 2.45) is 0 Å². The Morgan fingerprint density at radius 1 is 1.26 bits per heavy atom. The van der Waals surface area contributed by atoms with Gasteiger partial charge in [0.05, 0.1) is 20.2 Å². The SMILES string of the molecule is COc1ccccc1OCCNC(=O)CN(C)Cc1ccsc1. The summed E-state index contributed by atoms with van der Waals surface area (Å²) in [5.41, 5.74) is 1.23. The highest BCUT2D eigenvalue weighted by Gasteiger charge is 2.07. The largest absolute Gasteiger partial charge is 0.493 e. The summed E-state index contributed by atoms with van der Waals surface area (Å²) >= 11 is 1.66. The lowest BCUT2D eigenvalue weighted by molar-refractivity contribution is -0.122. The number of likely N-dealkylation sites (N-methyl/N-ethyl adjacent to an activating group) is 1. The van der Waals surface area contributed by atoms with E-state index in [0.29, 0.717) is 31.2 Å². The summed E-state index contributed by atoms with van der Waals surface area (Å²) in [5, 5.41) is 6.99. The Balaban J connectivity index is 1.64. The number of hydrogen-bond acceptors (Lipinski definition) is 5. The van der Waals surface area contributed by atoms with E-state index in [0.717, 1.165) is 6.54 Å². The molecule has 2 rings (SSSR count). The van der Waals surface area contributed by atoms with Gasteiger partial charge in [0.25, 0.3) is 0 Å². The van der Waals surface area contributed by atoms with E-state index in [4.69, 9.17) is 9.47 Å². The lowest BCUT2D eigenvalue weighted by Crippen LogP contribution is -2.36. The van der Waals surface area contributed by atoms with Crippen LogP contribution in [0.25, 0.3) is 0 Å². The van der Waals surface area contributed by atoms with Crippen molar-refractivity contribution in [1.29, 1.82) is 0 Å². The van der Waals surface area contributed by atoms with Crippen molar-refractivity contribution in [1.82, 2.24) is 10.2 Å². The molecule has 0 unspecified atom stereocenters. The van der Waals surface area contributed by atoms with Gasteiger partial charge in [-0.1, -0.05) is 12.1 Å². The van der Waals surface area contributed by atoms with Crippen LogP contribution in [-0.2, 0) is 11.3 Å².